The summed E-state index contributed by atoms with van der Waals surface area (Å²) in [4.78, 5) is 0. The van der Waals surface area contributed by atoms with Crippen molar-refractivity contribution in [3.8, 4) is 5.75 Å². The Bertz CT molecular complexity index is 293. The lowest BCUT2D eigenvalue weighted by molar-refractivity contribution is 0.190. The Morgan fingerprint density at radius 1 is 1.29 bits per heavy atom. The van der Waals surface area contributed by atoms with E-state index in [0.29, 0.717) is 5.75 Å². The number of hydrogen-bond donors (Lipinski definition) is 2. The highest BCUT2D eigenvalue weighted by molar-refractivity contribution is 5.39. The maximum Gasteiger partial charge on any atom is 0.122 e. The second-order valence-corrected chi connectivity index (χ2v) is 3.31. The van der Waals surface area contributed by atoms with E-state index in [1.165, 1.54) is 0 Å². The Morgan fingerprint density at radius 2 is 1.93 bits per heavy atom. The van der Waals surface area contributed by atoms with E-state index < -0.39 is 0 Å². The molecule has 0 spiro atoms. The van der Waals surface area contributed by atoms with E-state index in [2.05, 4.69) is 0 Å². The molecule has 0 aliphatic heterocycles. The predicted molar refractivity (Wildman–Crippen MR) is 54.6 cm³/mol. The van der Waals surface area contributed by atoms with Gasteiger partial charge in [0.05, 0.1) is 20.3 Å². The largest absolute Gasteiger partial charge is 0.496 e. The van der Waals surface area contributed by atoms with Crippen LogP contribution in [0.4, 0.5) is 0 Å². The summed E-state index contributed by atoms with van der Waals surface area (Å²) in [6.07, 6.45) is 0. The van der Waals surface area contributed by atoms with Gasteiger partial charge in [-0.15, -0.1) is 0 Å². The highest BCUT2D eigenvalue weighted by Crippen LogP contribution is 2.27. The molecule has 0 amide bonds. The van der Waals surface area contributed by atoms with Crippen LogP contribution in [0.2, 0.25) is 0 Å². The lowest BCUT2D eigenvalue weighted by atomic mass is 9.98. The van der Waals surface area contributed by atoms with Crippen LogP contribution in [0.15, 0.2) is 18.2 Å². The number of aliphatic hydroxyl groups is 2. The van der Waals surface area contributed by atoms with Gasteiger partial charge in [-0.25, -0.2) is 0 Å². The summed E-state index contributed by atoms with van der Waals surface area (Å²) in [5.41, 5.74) is 1.95. The smallest absolute Gasteiger partial charge is 0.122 e. The summed E-state index contributed by atoms with van der Waals surface area (Å²) in [6.45, 7) is 1.82. The molecule has 0 radical (unpaired) electrons. The molecular formula is C11H16O3. The van der Waals surface area contributed by atoms with E-state index in [0.717, 1.165) is 11.1 Å². The zero-order valence-electron chi connectivity index (χ0n) is 8.53. The van der Waals surface area contributed by atoms with E-state index in [1.807, 2.05) is 25.1 Å². The first-order valence-corrected chi connectivity index (χ1v) is 4.59. The van der Waals surface area contributed by atoms with Gasteiger partial charge < -0.3 is 14.9 Å². The van der Waals surface area contributed by atoms with Gasteiger partial charge in [-0.2, -0.15) is 0 Å². The minimum absolute atomic E-state index is 0.0731. The average Bonchev–Trinajstić information content (AvgIpc) is 2.20. The number of benzene rings is 1. The van der Waals surface area contributed by atoms with Gasteiger partial charge in [0.25, 0.3) is 0 Å². The number of hydrogen-bond acceptors (Lipinski definition) is 3. The van der Waals surface area contributed by atoms with Crippen molar-refractivity contribution < 1.29 is 14.9 Å². The van der Waals surface area contributed by atoms with Gasteiger partial charge in [0.2, 0.25) is 0 Å². The topological polar surface area (TPSA) is 49.7 Å². The molecule has 0 aliphatic carbocycles. The summed E-state index contributed by atoms with van der Waals surface area (Å²) >= 11 is 0. The molecule has 0 aliphatic rings. The van der Waals surface area contributed by atoms with Crippen LogP contribution in [-0.4, -0.2) is 30.5 Å². The molecule has 1 aromatic rings. The van der Waals surface area contributed by atoms with E-state index in [4.69, 9.17) is 14.9 Å². The highest BCUT2D eigenvalue weighted by atomic mass is 16.5. The third-order valence-corrected chi connectivity index (χ3v) is 2.27. The van der Waals surface area contributed by atoms with Gasteiger partial charge in [-0.05, 0) is 13.0 Å². The molecule has 1 aromatic carbocycles. The Labute approximate surface area is 84.0 Å². The molecule has 0 fully saturated rings. The molecule has 2 N–H and O–H groups in total. The Kier molecular flexibility index (Phi) is 3.92. The summed E-state index contributed by atoms with van der Waals surface area (Å²) in [7, 11) is 1.58. The molecule has 0 saturated carbocycles. The predicted octanol–water partition coefficient (Wildman–Crippen LogP) is 1.07. The molecule has 0 atom stereocenters. The lowest BCUT2D eigenvalue weighted by Crippen LogP contribution is -2.10. The van der Waals surface area contributed by atoms with Crippen molar-refractivity contribution >= 4 is 0 Å². The molecule has 3 heteroatoms. The van der Waals surface area contributed by atoms with Crippen molar-refractivity contribution in [1.82, 2.24) is 0 Å². The van der Waals surface area contributed by atoms with E-state index in [-0.39, 0.29) is 19.1 Å². The van der Waals surface area contributed by atoms with Crippen LogP contribution < -0.4 is 4.74 Å². The fourth-order valence-corrected chi connectivity index (χ4v) is 1.43. The fraction of sp³-hybridized carbons (Fsp3) is 0.455. The molecular weight excluding hydrogens is 180 g/mol. The first-order valence-electron chi connectivity index (χ1n) is 4.59. The first kappa shape index (κ1) is 11.0. The van der Waals surface area contributed by atoms with Gasteiger partial charge in [0, 0.05) is 11.5 Å². The number of aliphatic hydroxyl groups excluding tert-OH is 2. The molecule has 0 aromatic heterocycles. The molecule has 0 heterocycles. The van der Waals surface area contributed by atoms with Gasteiger partial charge in [0.15, 0.2) is 0 Å². The van der Waals surface area contributed by atoms with Crippen molar-refractivity contribution in [1.29, 1.82) is 0 Å². The zero-order valence-corrected chi connectivity index (χ0v) is 8.53. The Balaban J connectivity index is 3.08. The molecule has 3 nitrogen and oxygen atoms in total. The SMILES string of the molecule is COc1ccc(C)cc1C(CO)CO. The van der Waals surface area contributed by atoms with Crippen molar-refractivity contribution in [3.05, 3.63) is 29.3 Å². The summed E-state index contributed by atoms with van der Waals surface area (Å²) in [5, 5.41) is 18.1. The van der Waals surface area contributed by atoms with Crippen LogP contribution in [0, 0.1) is 6.92 Å². The summed E-state index contributed by atoms with van der Waals surface area (Å²) < 4.78 is 5.16. The Hall–Kier alpha value is -1.06. The second kappa shape index (κ2) is 4.98. The normalized spacial score (nSPS) is 10.6. The minimum Gasteiger partial charge on any atom is -0.496 e. The number of rotatable bonds is 4. The summed E-state index contributed by atoms with van der Waals surface area (Å²) in [6, 6.07) is 5.72. The van der Waals surface area contributed by atoms with Gasteiger partial charge in [-0.1, -0.05) is 17.7 Å². The van der Waals surface area contributed by atoms with Crippen LogP contribution >= 0.6 is 0 Å². The third-order valence-electron chi connectivity index (χ3n) is 2.27. The van der Waals surface area contributed by atoms with E-state index in [1.54, 1.807) is 7.11 Å². The van der Waals surface area contributed by atoms with Crippen molar-refractivity contribution in [2.24, 2.45) is 0 Å². The van der Waals surface area contributed by atoms with E-state index in [9.17, 15) is 0 Å². The molecule has 0 saturated heterocycles. The number of ether oxygens (including phenoxy) is 1. The zero-order chi connectivity index (χ0) is 10.6. The van der Waals surface area contributed by atoms with Gasteiger partial charge in [-0.3, -0.25) is 0 Å². The fourth-order valence-electron chi connectivity index (χ4n) is 1.43. The average molecular weight is 196 g/mol. The molecule has 78 valence electrons. The molecule has 1 rings (SSSR count). The van der Waals surface area contributed by atoms with Crippen LogP contribution in [0.1, 0.15) is 17.0 Å². The monoisotopic (exact) mass is 196 g/mol. The van der Waals surface area contributed by atoms with Gasteiger partial charge >= 0.3 is 0 Å². The van der Waals surface area contributed by atoms with Gasteiger partial charge in [0.1, 0.15) is 5.75 Å². The van der Waals surface area contributed by atoms with Crippen LogP contribution in [0.5, 0.6) is 5.75 Å². The van der Waals surface area contributed by atoms with Crippen molar-refractivity contribution in [2.45, 2.75) is 12.8 Å². The first-order chi connectivity index (χ1) is 6.72. The number of methoxy groups -OCH3 is 1. The maximum atomic E-state index is 9.07. The second-order valence-electron chi connectivity index (χ2n) is 3.31. The summed E-state index contributed by atoms with van der Waals surface area (Å²) in [5.74, 6) is 0.452. The quantitative estimate of drug-likeness (QED) is 0.757. The van der Waals surface area contributed by atoms with Crippen molar-refractivity contribution in [2.75, 3.05) is 20.3 Å². The van der Waals surface area contributed by atoms with Crippen molar-refractivity contribution in [3.63, 3.8) is 0 Å². The van der Waals surface area contributed by atoms with Crippen LogP contribution in [0.25, 0.3) is 0 Å². The lowest BCUT2D eigenvalue weighted by Gasteiger charge is -2.15. The van der Waals surface area contributed by atoms with E-state index >= 15 is 0 Å². The Morgan fingerprint density at radius 3 is 2.43 bits per heavy atom. The molecule has 0 bridgehead atoms. The minimum atomic E-state index is -0.259. The number of aryl methyl sites for hydroxylation is 1. The third kappa shape index (κ3) is 2.25. The standard InChI is InChI=1S/C11H16O3/c1-8-3-4-11(14-2)10(5-8)9(6-12)7-13/h3-5,9,12-13H,6-7H2,1-2H3. The maximum absolute atomic E-state index is 9.07. The highest BCUT2D eigenvalue weighted by Gasteiger charge is 2.14. The molecule has 0 unspecified atom stereocenters. The van der Waals surface area contributed by atoms with Crippen LogP contribution in [-0.2, 0) is 0 Å². The van der Waals surface area contributed by atoms with Crippen LogP contribution in [0.3, 0.4) is 0 Å². The molecule has 14 heavy (non-hydrogen) atoms.